The third-order valence-electron chi connectivity index (χ3n) is 2.79. The van der Waals surface area contributed by atoms with E-state index in [4.69, 9.17) is 0 Å². The third-order valence-corrected chi connectivity index (χ3v) is 2.79. The number of rotatable bonds is 0. The van der Waals surface area contributed by atoms with Gasteiger partial charge in [0.25, 0.3) is 5.92 Å². The molecule has 0 N–H and O–H groups in total. The van der Waals surface area contributed by atoms with Crippen LogP contribution in [-0.4, -0.2) is 10.9 Å². The fourth-order valence-electron chi connectivity index (χ4n) is 2.27. The molecular formula is C11H13F2N. The number of hydrogen-bond acceptors (Lipinski definition) is 1. The average Bonchev–Trinajstić information content (AvgIpc) is 2.00. The van der Waals surface area contributed by atoms with Gasteiger partial charge in [0.15, 0.2) is 0 Å². The first kappa shape index (κ1) is 9.56. The standard InChI is InChI=1S/C11H13F2N/c1-10(2)7-11(12,13)5-8-3-4-14-6-9(8)10/h3-4,6H,5,7H2,1-2H3. The molecule has 0 unspecified atom stereocenters. The van der Waals surface area contributed by atoms with Crippen molar-refractivity contribution >= 4 is 0 Å². The maximum atomic E-state index is 13.4. The second-order valence-electron chi connectivity index (χ2n) is 4.63. The van der Waals surface area contributed by atoms with Gasteiger partial charge in [0.1, 0.15) is 0 Å². The molecule has 2 rings (SSSR count). The fraction of sp³-hybridized carbons (Fsp3) is 0.545. The molecule has 3 heteroatoms. The van der Waals surface area contributed by atoms with Crippen LogP contribution < -0.4 is 0 Å². The Balaban J connectivity index is 2.52. The summed E-state index contributed by atoms with van der Waals surface area (Å²) >= 11 is 0. The molecule has 0 spiro atoms. The molecule has 1 aromatic heterocycles. The number of nitrogens with zero attached hydrogens (tertiary/aromatic N) is 1. The van der Waals surface area contributed by atoms with Crippen molar-refractivity contribution in [2.75, 3.05) is 0 Å². The highest BCUT2D eigenvalue weighted by Crippen LogP contribution is 2.43. The summed E-state index contributed by atoms with van der Waals surface area (Å²) in [5.74, 6) is -2.57. The largest absolute Gasteiger partial charge is 0.264 e. The maximum absolute atomic E-state index is 13.4. The lowest BCUT2D eigenvalue weighted by Gasteiger charge is -2.36. The molecular weight excluding hydrogens is 184 g/mol. The van der Waals surface area contributed by atoms with Crippen LogP contribution in [0.25, 0.3) is 0 Å². The molecule has 0 saturated heterocycles. The molecule has 0 amide bonds. The molecule has 0 aromatic carbocycles. The topological polar surface area (TPSA) is 12.9 Å². The Labute approximate surface area is 82.2 Å². The predicted octanol–water partition coefficient (Wildman–Crippen LogP) is 2.94. The van der Waals surface area contributed by atoms with Gasteiger partial charge in [0, 0.05) is 25.2 Å². The summed E-state index contributed by atoms with van der Waals surface area (Å²) in [6.45, 7) is 3.70. The van der Waals surface area contributed by atoms with E-state index in [0.29, 0.717) is 0 Å². The number of hydrogen-bond donors (Lipinski definition) is 0. The lowest BCUT2D eigenvalue weighted by atomic mass is 9.72. The van der Waals surface area contributed by atoms with Crippen molar-refractivity contribution in [3.05, 3.63) is 29.6 Å². The zero-order chi connectivity index (χ0) is 10.4. The van der Waals surface area contributed by atoms with E-state index in [1.165, 1.54) is 0 Å². The molecule has 0 aliphatic heterocycles. The van der Waals surface area contributed by atoms with E-state index < -0.39 is 11.3 Å². The summed E-state index contributed by atoms with van der Waals surface area (Å²) in [6, 6.07) is 1.70. The van der Waals surface area contributed by atoms with Crippen LogP contribution in [0.3, 0.4) is 0 Å². The van der Waals surface area contributed by atoms with Crippen LogP contribution in [0.1, 0.15) is 31.4 Å². The van der Waals surface area contributed by atoms with E-state index in [-0.39, 0.29) is 12.8 Å². The highest BCUT2D eigenvalue weighted by molar-refractivity contribution is 5.34. The number of alkyl halides is 2. The highest BCUT2D eigenvalue weighted by atomic mass is 19.3. The van der Waals surface area contributed by atoms with Crippen molar-refractivity contribution in [3.8, 4) is 0 Å². The lowest BCUT2D eigenvalue weighted by molar-refractivity contribution is -0.0328. The van der Waals surface area contributed by atoms with Gasteiger partial charge in [0.05, 0.1) is 0 Å². The van der Waals surface area contributed by atoms with E-state index in [1.54, 1.807) is 18.5 Å². The highest BCUT2D eigenvalue weighted by Gasteiger charge is 2.43. The van der Waals surface area contributed by atoms with E-state index in [0.717, 1.165) is 11.1 Å². The number of halogens is 2. The fourth-order valence-corrected chi connectivity index (χ4v) is 2.27. The third kappa shape index (κ3) is 1.51. The Morgan fingerprint density at radius 2 is 2.07 bits per heavy atom. The van der Waals surface area contributed by atoms with E-state index in [9.17, 15) is 8.78 Å². The predicted molar refractivity (Wildman–Crippen MR) is 50.5 cm³/mol. The Bertz CT molecular complexity index is 358. The number of pyridine rings is 1. The minimum atomic E-state index is -2.57. The van der Waals surface area contributed by atoms with Crippen LogP contribution in [0.4, 0.5) is 8.78 Å². The van der Waals surface area contributed by atoms with E-state index >= 15 is 0 Å². The Kier molecular flexibility index (Phi) is 1.88. The average molecular weight is 197 g/mol. The minimum Gasteiger partial charge on any atom is -0.264 e. The van der Waals surface area contributed by atoms with Crippen molar-refractivity contribution in [1.82, 2.24) is 4.98 Å². The van der Waals surface area contributed by atoms with Crippen LogP contribution in [0.5, 0.6) is 0 Å². The van der Waals surface area contributed by atoms with Crippen LogP contribution in [0.2, 0.25) is 0 Å². The molecule has 0 bridgehead atoms. The Morgan fingerprint density at radius 1 is 1.36 bits per heavy atom. The van der Waals surface area contributed by atoms with Gasteiger partial charge in [-0.2, -0.15) is 0 Å². The summed E-state index contributed by atoms with van der Waals surface area (Å²) in [7, 11) is 0. The first-order valence-electron chi connectivity index (χ1n) is 4.72. The first-order chi connectivity index (χ1) is 6.41. The molecule has 1 heterocycles. The van der Waals surface area contributed by atoms with Crippen molar-refractivity contribution < 1.29 is 8.78 Å². The molecule has 0 atom stereocenters. The van der Waals surface area contributed by atoms with Crippen LogP contribution in [-0.2, 0) is 11.8 Å². The SMILES string of the molecule is CC1(C)CC(F)(F)Cc2ccncc21. The summed E-state index contributed by atoms with van der Waals surface area (Å²) in [5.41, 5.74) is 1.23. The second-order valence-corrected chi connectivity index (χ2v) is 4.63. The summed E-state index contributed by atoms with van der Waals surface area (Å²) in [4.78, 5) is 4.00. The van der Waals surface area contributed by atoms with Gasteiger partial charge in [-0.05, 0) is 22.6 Å². The first-order valence-corrected chi connectivity index (χ1v) is 4.72. The molecule has 1 aliphatic carbocycles. The van der Waals surface area contributed by atoms with Crippen molar-refractivity contribution in [1.29, 1.82) is 0 Å². The van der Waals surface area contributed by atoms with Crippen LogP contribution in [0.15, 0.2) is 18.5 Å². The summed E-state index contributed by atoms with van der Waals surface area (Å²) in [5, 5.41) is 0. The minimum absolute atomic E-state index is 0.0846. The molecule has 1 aromatic rings. The molecule has 0 fully saturated rings. The van der Waals surface area contributed by atoms with E-state index in [2.05, 4.69) is 4.98 Å². The molecule has 0 radical (unpaired) electrons. The summed E-state index contributed by atoms with van der Waals surface area (Å²) < 4.78 is 26.7. The van der Waals surface area contributed by atoms with E-state index in [1.807, 2.05) is 13.8 Å². The van der Waals surface area contributed by atoms with Crippen LogP contribution >= 0.6 is 0 Å². The quantitative estimate of drug-likeness (QED) is 0.623. The molecule has 1 aliphatic rings. The van der Waals surface area contributed by atoms with Crippen molar-refractivity contribution in [3.63, 3.8) is 0 Å². The Hall–Kier alpha value is -0.990. The molecule has 0 saturated carbocycles. The Morgan fingerprint density at radius 3 is 2.79 bits per heavy atom. The molecule has 1 nitrogen and oxygen atoms in total. The second kappa shape index (κ2) is 2.75. The number of fused-ring (bicyclic) bond motifs is 1. The normalized spacial score (nSPS) is 22.9. The summed E-state index contributed by atoms with van der Waals surface area (Å²) in [6.07, 6.45) is 3.06. The van der Waals surface area contributed by atoms with Crippen molar-refractivity contribution in [2.24, 2.45) is 0 Å². The monoisotopic (exact) mass is 197 g/mol. The van der Waals surface area contributed by atoms with Gasteiger partial charge in [-0.25, -0.2) is 8.78 Å². The number of aromatic nitrogens is 1. The lowest BCUT2D eigenvalue weighted by Crippen LogP contribution is -2.37. The van der Waals surface area contributed by atoms with Crippen molar-refractivity contribution in [2.45, 2.75) is 38.0 Å². The zero-order valence-electron chi connectivity index (χ0n) is 8.35. The van der Waals surface area contributed by atoms with Gasteiger partial charge in [0.2, 0.25) is 0 Å². The molecule has 76 valence electrons. The molecule has 14 heavy (non-hydrogen) atoms. The smallest absolute Gasteiger partial charge is 0.253 e. The van der Waals surface area contributed by atoms with Gasteiger partial charge < -0.3 is 0 Å². The van der Waals surface area contributed by atoms with Gasteiger partial charge in [-0.15, -0.1) is 0 Å². The van der Waals surface area contributed by atoms with Gasteiger partial charge in [-0.1, -0.05) is 13.8 Å². The van der Waals surface area contributed by atoms with Gasteiger partial charge in [-0.3, -0.25) is 4.98 Å². The maximum Gasteiger partial charge on any atom is 0.253 e. The van der Waals surface area contributed by atoms with Gasteiger partial charge >= 0.3 is 0 Å². The zero-order valence-corrected chi connectivity index (χ0v) is 8.35. The van der Waals surface area contributed by atoms with Crippen LogP contribution in [0, 0.1) is 0 Å².